The van der Waals surface area contributed by atoms with E-state index < -0.39 is 0 Å². The fourth-order valence-electron chi connectivity index (χ4n) is 2.30. The van der Waals surface area contributed by atoms with Crippen LogP contribution in [0.2, 0.25) is 5.02 Å². The minimum absolute atomic E-state index is 0.0401. The van der Waals surface area contributed by atoms with E-state index in [0.717, 1.165) is 34.2 Å². The molecule has 0 aliphatic heterocycles. The highest BCUT2D eigenvalue weighted by Crippen LogP contribution is 2.28. The van der Waals surface area contributed by atoms with Crippen molar-refractivity contribution in [2.75, 3.05) is 10.6 Å². The average molecular weight is 372 g/mol. The molecule has 6 heteroatoms. The molecule has 1 heterocycles. The van der Waals surface area contributed by atoms with E-state index in [2.05, 4.69) is 15.6 Å². The van der Waals surface area contributed by atoms with Crippen LogP contribution in [0.25, 0.3) is 11.3 Å². The SMILES string of the molecule is CCCC(=O)Nc1ccc(-c2csc(Nc3ccc(Cl)cc3)n2)cc1. The summed E-state index contributed by atoms with van der Waals surface area (Å²) in [5, 5.41) is 9.67. The Morgan fingerprint density at radius 1 is 1.08 bits per heavy atom. The third-order valence-electron chi connectivity index (χ3n) is 3.54. The number of hydrogen-bond donors (Lipinski definition) is 2. The predicted octanol–water partition coefficient (Wildman–Crippen LogP) is 5.95. The molecule has 0 aliphatic carbocycles. The molecule has 2 N–H and O–H groups in total. The highest BCUT2D eigenvalue weighted by Gasteiger charge is 2.06. The molecule has 0 atom stereocenters. The van der Waals surface area contributed by atoms with Gasteiger partial charge in [0.05, 0.1) is 5.69 Å². The largest absolute Gasteiger partial charge is 0.332 e. The molecular weight excluding hydrogens is 354 g/mol. The Kier molecular flexibility index (Phi) is 5.68. The van der Waals surface area contributed by atoms with Crippen molar-refractivity contribution in [1.29, 1.82) is 0 Å². The van der Waals surface area contributed by atoms with Crippen LogP contribution in [0, 0.1) is 0 Å². The molecule has 0 unspecified atom stereocenters. The molecule has 0 spiro atoms. The normalized spacial score (nSPS) is 10.5. The van der Waals surface area contributed by atoms with E-state index in [0.29, 0.717) is 11.4 Å². The lowest BCUT2D eigenvalue weighted by Gasteiger charge is -2.05. The predicted molar refractivity (Wildman–Crippen MR) is 106 cm³/mol. The molecule has 1 aromatic heterocycles. The van der Waals surface area contributed by atoms with Crippen LogP contribution in [0.3, 0.4) is 0 Å². The number of carbonyl (C=O) groups is 1. The molecule has 0 radical (unpaired) electrons. The van der Waals surface area contributed by atoms with Crippen LogP contribution in [-0.2, 0) is 4.79 Å². The summed E-state index contributed by atoms with van der Waals surface area (Å²) in [7, 11) is 0. The molecule has 0 bridgehead atoms. The van der Waals surface area contributed by atoms with Crippen molar-refractivity contribution in [3.05, 3.63) is 58.9 Å². The zero-order valence-corrected chi connectivity index (χ0v) is 15.3. The lowest BCUT2D eigenvalue weighted by atomic mass is 10.1. The summed E-state index contributed by atoms with van der Waals surface area (Å²) in [5.74, 6) is 0.0401. The number of aromatic nitrogens is 1. The Balaban J connectivity index is 1.67. The summed E-state index contributed by atoms with van der Waals surface area (Å²) in [4.78, 5) is 16.2. The Labute approximate surface area is 155 Å². The number of benzene rings is 2. The van der Waals surface area contributed by atoms with E-state index in [1.54, 1.807) is 0 Å². The second-order valence-electron chi connectivity index (χ2n) is 5.55. The number of carbonyl (C=O) groups excluding carboxylic acids is 1. The number of hydrogen-bond acceptors (Lipinski definition) is 4. The van der Waals surface area contributed by atoms with Crippen LogP contribution < -0.4 is 10.6 Å². The first kappa shape index (κ1) is 17.5. The number of halogens is 1. The zero-order chi connectivity index (χ0) is 17.6. The highest BCUT2D eigenvalue weighted by atomic mass is 35.5. The molecule has 0 fully saturated rings. The number of nitrogens with zero attached hydrogens (tertiary/aromatic N) is 1. The standard InChI is InChI=1S/C19H18ClN3OS/c1-2-3-18(24)21-15-8-4-13(5-9-15)17-12-25-19(23-17)22-16-10-6-14(20)7-11-16/h4-12H,2-3H2,1H3,(H,21,24)(H,22,23). The van der Waals surface area contributed by atoms with E-state index >= 15 is 0 Å². The second-order valence-corrected chi connectivity index (χ2v) is 6.84. The Morgan fingerprint density at radius 2 is 1.76 bits per heavy atom. The van der Waals surface area contributed by atoms with Crippen LogP contribution in [-0.4, -0.2) is 10.9 Å². The summed E-state index contributed by atoms with van der Waals surface area (Å²) < 4.78 is 0. The van der Waals surface area contributed by atoms with Gasteiger partial charge in [-0.3, -0.25) is 4.79 Å². The minimum Gasteiger partial charge on any atom is -0.332 e. The van der Waals surface area contributed by atoms with Gasteiger partial charge in [-0.25, -0.2) is 4.98 Å². The van der Waals surface area contributed by atoms with Gasteiger partial charge >= 0.3 is 0 Å². The van der Waals surface area contributed by atoms with Crippen LogP contribution >= 0.6 is 22.9 Å². The van der Waals surface area contributed by atoms with Gasteiger partial charge in [-0.15, -0.1) is 11.3 Å². The number of anilines is 3. The molecular formula is C19H18ClN3OS. The summed E-state index contributed by atoms with van der Waals surface area (Å²) in [6.07, 6.45) is 1.37. The number of nitrogens with one attached hydrogen (secondary N) is 2. The minimum atomic E-state index is 0.0401. The Morgan fingerprint density at radius 3 is 2.44 bits per heavy atom. The van der Waals surface area contributed by atoms with Crippen molar-refractivity contribution in [2.24, 2.45) is 0 Å². The van der Waals surface area contributed by atoms with Gasteiger partial charge < -0.3 is 10.6 Å². The topological polar surface area (TPSA) is 54.0 Å². The fourth-order valence-corrected chi connectivity index (χ4v) is 3.16. The van der Waals surface area contributed by atoms with Gasteiger partial charge in [0.25, 0.3) is 0 Å². The summed E-state index contributed by atoms with van der Waals surface area (Å²) >= 11 is 7.43. The smallest absolute Gasteiger partial charge is 0.224 e. The maximum absolute atomic E-state index is 11.6. The van der Waals surface area contributed by atoms with Crippen molar-refractivity contribution in [2.45, 2.75) is 19.8 Å². The van der Waals surface area contributed by atoms with E-state index in [4.69, 9.17) is 11.6 Å². The van der Waals surface area contributed by atoms with E-state index in [-0.39, 0.29) is 5.91 Å². The fraction of sp³-hybridized carbons (Fsp3) is 0.158. The van der Waals surface area contributed by atoms with Crippen molar-refractivity contribution in [1.82, 2.24) is 4.98 Å². The quantitative estimate of drug-likeness (QED) is 0.563. The van der Waals surface area contributed by atoms with Gasteiger partial charge in [0.1, 0.15) is 0 Å². The third-order valence-corrected chi connectivity index (χ3v) is 4.55. The van der Waals surface area contributed by atoms with Crippen molar-refractivity contribution in [3.63, 3.8) is 0 Å². The Bertz CT molecular complexity index is 844. The number of amides is 1. The van der Waals surface area contributed by atoms with Gasteiger partial charge in [-0.2, -0.15) is 0 Å². The molecule has 4 nitrogen and oxygen atoms in total. The zero-order valence-electron chi connectivity index (χ0n) is 13.8. The summed E-state index contributed by atoms with van der Waals surface area (Å²) in [6, 6.07) is 15.2. The third kappa shape index (κ3) is 4.81. The Hall–Kier alpha value is -2.37. The highest BCUT2D eigenvalue weighted by molar-refractivity contribution is 7.14. The molecule has 3 aromatic rings. The van der Waals surface area contributed by atoms with Gasteiger partial charge in [0.2, 0.25) is 5.91 Å². The van der Waals surface area contributed by atoms with Crippen LogP contribution in [0.5, 0.6) is 0 Å². The van der Waals surface area contributed by atoms with Crippen molar-refractivity contribution in [3.8, 4) is 11.3 Å². The molecule has 3 rings (SSSR count). The van der Waals surface area contributed by atoms with Gasteiger partial charge in [-0.1, -0.05) is 30.7 Å². The van der Waals surface area contributed by atoms with Crippen LogP contribution in [0.15, 0.2) is 53.9 Å². The first-order chi connectivity index (χ1) is 12.1. The summed E-state index contributed by atoms with van der Waals surface area (Å²) in [5.41, 5.74) is 3.65. The molecule has 128 valence electrons. The lowest BCUT2D eigenvalue weighted by Crippen LogP contribution is -2.10. The maximum atomic E-state index is 11.6. The first-order valence-electron chi connectivity index (χ1n) is 8.02. The van der Waals surface area contributed by atoms with E-state index in [1.807, 2.05) is 60.8 Å². The lowest BCUT2D eigenvalue weighted by molar-refractivity contribution is -0.116. The average Bonchev–Trinajstić information content (AvgIpc) is 3.06. The monoisotopic (exact) mass is 371 g/mol. The molecule has 0 saturated heterocycles. The number of rotatable bonds is 6. The van der Waals surface area contributed by atoms with Gasteiger partial charge in [-0.05, 0) is 42.8 Å². The molecule has 0 saturated carbocycles. The van der Waals surface area contributed by atoms with Crippen LogP contribution in [0.4, 0.5) is 16.5 Å². The van der Waals surface area contributed by atoms with Crippen molar-refractivity contribution < 1.29 is 4.79 Å². The van der Waals surface area contributed by atoms with E-state index in [9.17, 15) is 4.79 Å². The van der Waals surface area contributed by atoms with Gasteiger partial charge in [0.15, 0.2) is 5.13 Å². The molecule has 25 heavy (non-hydrogen) atoms. The molecule has 1 amide bonds. The molecule has 2 aromatic carbocycles. The van der Waals surface area contributed by atoms with Gasteiger partial charge in [0, 0.05) is 33.8 Å². The van der Waals surface area contributed by atoms with Crippen molar-refractivity contribution >= 4 is 45.4 Å². The second kappa shape index (κ2) is 8.14. The van der Waals surface area contributed by atoms with Crippen LogP contribution in [0.1, 0.15) is 19.8 Å². The maximum Gasteiger partial charge on any atom is 0.224 e. The number of thiazole rings is 1. The molecule has 0 aliphatic rings. The van der Waals surface area contributed by atoms with E-state index in [1.165, 1.54) is 11.3 Å². The first-order valence-corrected chi connectivity index (χ1v) is 9.28. The summed E-state index contributed by atoms with van der Waals surface area (Å²) in [6.45, 7) is 1.99.